The summed E-state index contributed by atoms with van der Waals surface area (Å²) in [4.78, 5) is 0. The Hall–Kier alpha value is -0.763. The molecular weight excluding hydrogens is 291 g/mol. The predicted octanol–water partition coefficient (Wildman–Crippen LogP) is 5.59. The van der Waals surface area contributed by atoms with Crippen molar-refractivity contribution < 1.29 is 0 Å². The molecule has 0 N–H and O–H groups in total. The number of halogens is 2. The van der Waals surface area contributed by atoms with Crippen LogP contribution in [-0.4, -0.2) is 6.69 Å². The molecule has 2 rings (SSSR count). The molecular formula is C16H18Cl2Si. The Morgan fingerprint density at radius 1 is 0.684 bits per heavy atom. The summed E-state index contributed by atoms with van der Waals surface area (Å²) in [5.74, 6) is 0. The maximum absolute atomic E-state index is 6.81. The Morgan fingerprint density at radius 3 is 1.32 bits per heavy atom. The first-order valence-corrected chi connectivity index (χ1v) is 10.7. The van der Waals surface area contributed by atoms with Gasteiger partial charge in [0.15, 0.2) is 0 Å². The van der Waals surface area contributed by atoms with Gasteiger partial charge < -0.3 is 0 Å². The maximum Gasteiger partial charge on any atom is 0.265 e. The number of hydrogen-bond donors (Lipinski definition) is 0. The van der Waals surface area contributed by atoms with E-state index in [2.05, 4.69) is 38.1 Å². The minimum absolute atomic E-state index is 0.201. The molecule has 3 heteroatoms. The van der Waals surface area contributed by atoms with Gasteiger partial charge in [0.1, 0.15) is 0 Å². The van der Waals surface area contributed by atoms with Crippen LogP contribution in [0.15, 0.2) is 60.7 Å². The highest BCUT2D eigenvalue weighted by molar-refractivity contribution is 7.46. The lowest BCUT2D eigenvalue weighted by molar-refractivity contribution is 0.955. The van der Waals surface area contributed by atoms with Crippen LogP contribution in [-0.2, 0) is 0 Å². The topological polar surface area (TPSA) is 0 Å². The predicted molar refractivity (Wildman–Crippen MR) is 87.2 cm³/mol. The molecule has 0 heterocycles. The molecule has 0 aromatic heterocycles. The van der Waals surface area contributed by atoms with E-state index in [1.807, 2.05) is 36.4 Å². The first-order chi connectivity index (χ1) is 9.03. The standard InChI is InChI=1S/C16H18Cl2Si/c1-13(15-9-5-3-6-10-15)19(17,18)14(2)16-11-7-4-8-12-16/h3-14H,1-2H3. The third-order valence-corrected chi connectivity index (χ3v) is 10.7. The van der Waals surface area contributed by atoms with Crippen LogP contribution in [0.3, 0.4) is 0 Å². The van der Waals surface area contributed by atoms with Crippen molar-refractivity contribution >= 4 is 28.9 Å². The molecule has 0 aliphatic rings. The average molecular weight is 309 g/mol. The Morgan fingerprint density at radius 2 is 1.00 bits per heavy atom. The van der Waals surface area contributed by atoms with Gasteiger partial charge in [0.2, 0.25) is 0 Å². The molecule has 2 aromatic rings. The smallest absolute Gasteiger partial charge is 0.145 e. The van der Waals surface area contributed by atoms with Crippen molar-refractivity contribution in [3.8, 4) is 0 Å². The van der Waals surface area contributed by atoms with E-state index in [0.717, 1.165) is 0 Å². The van der Waals surface area contributed by atoms with Gasteiger partial charge in [-0.2, -0.15) is 0 Å². The molecule has 19 heavy (non-hydrogen) atoms. The van der Waals surface area contributed by atoms with Gasteiger partial charge >= 0.3 is 0 Å². The summed E-state index contributed by atoms with van der Waals surface area (Å²) in [6.45, 7) is 1.83. The van der Waals surface area contributed by atoms with Crippen molar-refractivity contribution in [3.05, 3.63) is 71.8 Å². The lowest BCUT2D eigenvalue weighted by Gasteiger charge is -2.30. The highest BCUT2D eigenvalue weighted by Crippen LogP contribution is 2.43. The summed E-state index contributed by atoms with van der Waals surface area (Å²) in [7, 11) is 0. The van der Waals surface area contributed by atoms with E-state index in [1.165, 1.54) is 11.1 Å². The van der Waals surface area contributed by atoms with Crippen LogP contribution in [0.4, 0.5) is 0 Å². The van der Waals surface area contributed by atoms with Crippen LogP contribution in [0.2, 0.25) is 0 Å². The molecule has 0 aliphatic heterocycles. The summed E-state index contributed by atoms with van der Waals surface area (Å²) < 4.78 is 0. The van der Waals surface area contributed by atoms with Gasteiger partial charge in [-0.25, -0.2) is 0 Å². The fourth-order valence-corrected chi connectivity index (χ4v) is 5.84. The Bertz CT molecular complexity index is 463. The molecule has 2 aromatic carbocycles. The van der Waals surface area contributed by atoms with Crippen molar-refractivity contribution in [1.82, 2.24) is 0 Å². The molecule has 100 valence electrons. The van der Waals surface area contributed by atoms with Crippen molar-refractivity contribution in [2.45, 2.75) is 24.9 Å². The summed E-state index contributed by atoms with van der Waals surface area (Å²) in [6.07, 6.45) is 0. The van der Waals surface area contributed by atoms with Gasteiger partial charge in [-0.3, -0.25) is 0 Å². The zero-order valence-corrected chi connectivity index (χ0v) is 13.7. The van der Waals surface area contributed by atoms with E-state index in [-0.39, 0.29) is 11.1 Å². The molecule has 0 aliphatic carbocycles. The second kappa shape index (κ2) is 6.13. The number of benzene rings is 2. The summed E-state index contributed by atoms with van der Waals surface area (Å²) in [5, 5.41) is 0. The third kappa shape index (κ3) is 3.22. The third-order valence-electron chi connectivity index (χ3n) is 3.75. The van der Waals surface area contributed by atoms with Gasteiger partial charge in [-0.05, 0) is 11.1 Å². The molecule has 0 spiro atoms. The van der Waals surface area contributed by atoms with E-state index in [4.69, 9.17) is 22.2 Å². The molecule has 0 bridgehead atoms. The molecule has 0 amide bonds. The molecule has 0 nitrogen and oxygen atoms in total. The second-order valence-corrected chi connectivity index (χ2v) is 12.4. The molecule has 0 radical (unpaired) electrons. The summed E-state index contributed by atoms with van der Waals surface area (Å²) in [5.41, 5.74) is 2.85. The van der Waals surface area contributed by atoms with Gasteiger partial charge in [-0.15, -0.1) is 22.2 Å². The highest BCUT2D eigenvalue weighted by Gasteiger charge is 2.42. The van der Waals surface area contributed by atoms with E-state index in [1.54, 1.807) is 0 Å². The zero-order valence-electron chi connectivity index (χ0n) is 11.2. The van der Waals surface area contributed by atoms with E-state index in [0.29, 0.717) is 0 Å². The SMILES string of the molecule is CC(c1ccccc1)[Si](Cl)(Cl)C(C)c1ccccc1. The van der Waals surface area contributed by atoms with Gasteiger partial charge in [0, 0.05) is 11.1 Å². The van der Waals surface area contributed by atoms with Crippen LogP contribution in [0.5, 0.6) is 0 Å². The van der Waals surface area contributed by atoms with Crippen molar-refractivity contribution in [2.75, 3.05) is 0 Å². The Kier molecular flexibility index (Phi) is 4.72. The second-order valence-electron chi connectivity index (χ2n) is 4.94. The average Bonchev–Trinajstić information content (AvgIpc) is 2.47. The molecule has 0 saturated heterocycles. The first kappa shape index (κ1) is 14.6. The lowest BCUT2D eigenvalue weighted by atomic mass is 10.1. The van der Waals surface area contributed by atoms with Crippen molar-refractivity contribution in [3.63, 3.8) is 0 Å². The molecule has 2 atom stereocenters. The zero-order chi connectivity index (χ0) is 13.9. The largest absolute Gasteiger partial charge is 0.265 e. The fraction of sp³-hybridized carbons (Fsp3) is 0.250. The summed E-state index contributed by atoms with van der Waals surface area (Å²) >= 11 is 13.6. The normalized spacial score (nSPS) is 14.9. The number of rotatable bonds is 4. The number of hydrogen-bond acceptors (Lipinski definition) is 0. The lowest BCUT2D eigenvalue weighted by Crippen LogP contribution is -2.35. The van der Waals surface area contributed by atoms with E-state index >= 15 is 0 Å². The van der Waals surface area contributed by atoms with Crippen LogP contribution in [0, 0.1) is 0 Å². The van der Waals surface area contributed by atoms with E-state index < -0.39 is 6.69 Å². The molecule has 2 unspecified atom stereocenters. The fourth-order valence-electron chi connectivity index (χ4n) is 2.30. The van der Waals surface area contributed by atoms with Crippen molar-refractivity contribution in [1.29, 1.82) is 0 Å². The molecule has 0 saturated carbocycles. The van der Waals surface area contributed by atoms with E-state index in [9.17, 15) is 0 Å². The van der Waals surface area contributed by atoms with Gasteiger partial charge in [-0.1, -0.05) is 74.5 Å². The minimum atomic E-state index is -2.45. The van der Waals surface area contributed by atoms with Crippen LogP contribution >= 0.6 is 22.2 Å². The monoisotopic (exact) mass is 308 g/mol. The Balaban J connectivity index is 2.27. The first-order valence-electron chi connectivity index (χ1n) is 6.51. The van der Waals surface area contributed by atoms with Crippen LogP contribution in [0.1, 0.15) is 36.1 Å². The van der Waals surface area contributed by atoms with Gasteiger partial charge in [0.25, 0.3) is 6.69 Å². The minimum Gasteiger partial charge on any atom is -0.145 e. The van der Waals surface area contributed by atoms with Crippen molar-refractivity contribution in [2.24, 2.45) is 0 Å². The maximum atomic E-state index is 6.81. The highest BCUT2D eigenvalue weighted by atomic mass is 35.7. The summed E-state index contributed by atoms with van der Waals surface area (Å²) in [6, 6.07) is 20.6. The van der Waals surface area contributed by atoms with Crippen LogP contribution in [0.25, 0.3) is 0 Å². The Labute approximate surface area is 125 Å². The molecule has 0 fully saturated rings. The van der Waals surface area contributed by atoms with Gasteiger partial charge in [0.05, 0.1) is 0 Å². The quantitative estimate of drug-likeness (QED) is 0.510. The van der Waals surface area contributed by atoms with Crippen LogP contribution < -0.4 is 0 Å².